The number of nitro groups is 1. The Bertz CT molecular complexity index is 449. The third-order valence-electron chi connectivity index (χ3n) is 1.91. The molecule has 1 aromatic rings. The summed E-state index contributed by atoms with van der Waals surface area (Å²) in [6.07, 6.45) is 2.26. The predicted octanol–water partition coefficient (Wildman–Crippen LogP) is 0.512. The van der Waals surface area contributed by atoms with Crippen LogP contribution in [0.5, 0.6) is 0 Å². The number of carbonyl (C=O) groups excluding carboxylic acids is 1. The lowest BCUT2D eigenvalue weighted by Gasteiger charge is -2.12. The second kappa shape index (κ2) is 5.47. The number of nitrogens with one attached hydrogen (secondary N) is 1. The molecule has 10 heteroatoms. The first-order valence-electron chi connectivity index (χ1n) is 4.72. The number of nitrogens with zero attached hydrogens (tertiary/aromatic N) is 3. The van der Waals surface area contributed by atoms with Gasteiger partial charge in [-0.05, 0) is 4.92 Å². The molecule has 7 nitrogen and oxygen atoms in total. The SMILES string of the molecule is O=C(Cn1ccnc1[N+](=O)[O-])NCC([18F])([18F])C[18F]. The second-order valence-corrected chi connectivity index (χ2v) is 3.38. The number of aromatic nitrogens is 2. The van der Waals surface area contributed by atoms with Crippen molar-refractivity contribution in [2.75, 3.05) is 13.2 Å². The fraction of sp³-hybridized carbons (Fsp3) is 0.500. The van der Waals surface area contributed by atoms with Crippen LogP contribution in [-0.2, 0) is 11.3 Å². The Labute approximate surface area is 98.8 Å². The number of amides is 1. The maximum Gasteiger partial charge on any atom is 0.435 e. The van der Waals surface area contributed by atoms with E-state index in [0.717, 1.165) is 17.0 Å². The van der Waals surface area contributed by atoms with Gasteiger partial charge >= 0.3 is 5.95 Å². The fourth-order valence-corrected chi connectivity index (χ4v) is 1.08. The van der Waals surface area contributed by atoms with Gasteiger partial charge in [0.25, 0.3) is 11.8 Å². The van der Waals surface area contributed by atoms with Crippen molar-refractivity contribution in [3.63, 3.8) is 0 Å². The smallest absolute Gasteiger partial charge is 0.390 e. The number of imidazole rings is 1. The van der Waals surface area contributed by atoms with Crippen LogP contribution in [0.25, 0.3) is 0 Å². The molecule has 100 valence electrons. The van der Waals surface area contributed by atoms with Crippen molar-refractivity contribution in [3.05, 3.63) is 22.5 Å². The van der Waals surface area contributed by atoms with E-state index in [4.69, 9.17) is 0 Å². The predicted molar refractivity (Wildman–Crippen MR) is 52.8 cm³/mol. The molecule has 0 spiro atoms. The molecule has 0 aliphatic heterocycles. The number of alkyl halides is 3. The van der Waals surface area contributed by atoms with E-state index >= 15 is 0 Å². The quantitative estimate of drug-likeness (QED) is 0.598. The van der Waals surface area contributed by atoms with Crippen LogP contribution >= 0.6 is 0 Å². The molecule has 0 aliphatic rings. The normalized spacial score (nSPS) is 11.3. The van der Waals surface area contributed by atoms with Gasteiger partial charge in [0.1, 0.15) is 12.4 Å². The van der Waals surface area contributed by atoms with Crippen molar-refractivity contribution in [2.45, 2.75) is 12.5 Å². The average Bonchev–Trinajstić information content (AvgIpc) is 2.75. The molecule has 1 amide bonds. The van der Waals surface area contributed by atoms with E-state index in [-0.39, 0.29) is 0 Å². The van der Waals surface area contributed by atoms with E-state index in [0.29, 0.717) is 0 Å². The van der Waals surface area contributed by atoms with Crippen LogP contribution in [-0.4, -0.2) is 39.5 Å². The Kier molecular flexibility index (Phi) is 4.23. The van der Waals surface area contributed by atoms with Gasteiger partial charge in [0, 0.05) is 0 Å². The molecule has 0 bridgehead atoms. The summed E-state index contributed by atoms with van der Waals surface area (Å²) in [5.74, 6) is -5.12. The largest absolute Gasteiger partial charge is 0.435 e. The van der Waals surface area contributed by atoms with Gasteiger partial charge in [0.05, 0.1) is 6.54 Å². The summed E-state index contributed by atoms with van der Waals surface area (Å²) in [6.45, 7) is -3.60. The Balaban J connectivity index is 2.55. The van der Waals surface area contributed by atoms with Crippen LogP contribution in [0.2, 0.25) is 0 Å². The molecular formula is C8H9F3N4O3. The van der Waals surface area contributed by atoms with Crippen molar-refractivity contribution >= 4 is 11.9 Å². The molecule has 0 aliphatic carbocycles. The highest BCUT2D eigenvalue weighted by Crippen LogP contribution is 2.12. The van der Waals surface area contributed by atoms with Gasteiger partial charge in [0.15, 0.2) is 13.2 Å². The lowest BCUT2D eigenvalue weighted by atomic mass is 10.3. The number of halogens is 3. The maximum atomic E-state index is 12.5. The summed E-state index contributed by atoms with van der Waals surface area (Å²) in [7, 11) is 0. The molecule has 1 rings (SSSR count). The first-order valence-corrected chi connectivity index (χ1v) is 4.72. The molecule has 0 radical (unpaired) electrons. The van der Waals surface area contributed by atoms with Gasteiger partial charge in [-0.1, -0.05) is 4.98 Å². The van der Waals surface area contributed by atoms with E-state index in [1.54, 1.807) is 5.32 Å². The fourth-order valence-electron chi connectivity index (χ4n) is 1.08. The molecule has 0 saturated carbocycles. The summed E-state index contributed by atoms with van der Waals surface area (Å²) in [5, 5.41) is 12.2. The van der Waals surface area contributed by atoms with Crippen LogP contribution in [0.1, 0.15) is 0 Å². The zero-order chi connectivity index (χ0) is 13.8. The van der Waals surface area contributed by atoms with E-state index in [9.17, 15) is 28.1 Å². The summed E-state index contributed by atoms with van der Waals surface area (Å²) in [5.41, 5.74) is 0. The molecule has 0 atom stereocenters. The molecule has 1 heterocycles. The summed E-state index contributed by atoms with van der Waals surface area (Å²) in [4.78, 5) is 24.2. The van der Waals surface area contributed by atoms with Crippen molar-refractivity contribution in [1.29, 1.82) is 0 Å². The van der Waals surface area contributed by atoms with Gasteiger partial charge in [0.2, 0.25) is 0 Å². The minimum absolute atomic E-state index is 0.543. The molecule has 0 aromatic carbocycles. The first-order chi connectivity index (χ1) is 8.35. The number of hydrogen-bond donors (Lipinski definition) is 1. The van der Waals surface area contributed by atoms with Gasteiger partial charge in [-0.2, -0.15) is 0 Å². The van der Waals surface area contributed by atoms with E-state index in [1.165, 1.54) is 0 Å². The third kappa shape index (κ3) is 3.71. The molecule has 0 unspecified atom stereocenters. The highest BCUT2D eigenvalue weighted by Gasteiger charge is 2.29. The Morgan fingerprint density at radius 1 is 1.61 bits per heavy atom. The number of carbonyl (C=O) groups is 1. The van der Waals surface area contributed by atoms with Crippen LogP contribution < -0.4 is 5.32 Å². The van der Waals surface area contributed by atoms with Gasteiger partial charge < -0.3 is 15.4 Å². The topological polar surface area (TPSA) is 90.1 Å². The number of hydrogen-bond acceptors (Lipinski definition) is 4. The molecule has 1 N–H and O–H groups in total. The maximum absolute atomic E-state index is 12.5. The lowest BCUT2D eigenvalue weighted by molar-refractivity contribution is -0.396. The van der Waals surface area contributed by atoms with Crippen molar-refractivity contribution in [2.24, 2.45) is 0 Å². The Morgan fingerprint density at radius 2 is 2.28 bits per heavy atom. The zero-order valence-electron chi connectivity index (χ0n) is 8.98. The zero-order valence-corrected chi connectivity index (χ0v) is 8.98. The van der Waals surface area contributed by atoms with Gasteiger partial charge in [-0.3, -0.25) is 4.79 Å². The summed E-state index contributed by atoms with van der Waals surface area (Å²) in [6, 6.07) is 0. The summed E-state index contributed by atoms with van der Waals surface area (Å²) >= 11 is 0. The van der Waals surface area contributed by atoms with Gasteiger partial charge in [-0.15, -0.1) is 0 Å². The van der Waals surface area contributed by atoms with Crippen LogP contribution in [0.15, 0.2) is 12.4 Å². The highest BCUT2D eigenvalue weighted by atomic mass is 18.3. The average molecular weight is 263 g/mol. The Hall–Kier alpha value is -2.13. The van der Waals surface area contributed by atoms with E-state index in [2.05, 4.69) is 4.98 Å². The molecule has 18 heavy (non-hydrogen) atoms. The van der Waals surface area contributed by atoms with Crippen LogP contribution in [0.3, 0.4) is 0 Å². The van der Waals surface area contributed by atoms with Crippen LogP contribution in [0, 0.1) is 10.1 Å². The second-order valence-electron chi connectivity index (χ2n) is 3.38. The molecule has 1 aromatic heterocycles. The molecular weight excluding hydrogens is 254 g/mol. The monoisotopic (exact) mass is 263 g/mol. The third-order valence-corrected chi connectivity index (χ3v) is 1.91. The van der Waals surface area contributed by atoms with E-state index in [1.807, 2.05) is 0 Å². The van der Waals surface area contributed by atoms with Gasteiger partial charge in [-0.25, -0.2) is 17.7 Å². The lowest BCUT2D eigenvalue weighted by Crippen LogP contribution is -2.39. The van der Waals surface area contributed by atoms with Crippen molar-refractivity contribution in [1.82, 2.24) is 14.9 Å². The molecule has 0 saturated heterocycles. The minimum atomic E-state index is -3.64. The summed E-state index contributed by atoms with van der Waals surface area (Å²) < 4.78 is 37.6. The molecule has 0 fully saturated rings. The standard InChI is InChI=1S/C8H9F3N4O3/c9-4-8(10,11)5-13-6(16)3-14-2-1-12-7(14)15(17)18/h1-2H,3-5H2,(H,13,16)/i9-1,10-1,11-1. The van der Waals surface area contributed by atoms with Crippen molar-refractivity contribution in [3.8, 4) is 0 Å². The van der Waals surface area contributed by atoms with Crippen molar-refractivity contribution < 1.29 is 22.9 Å². The van der Waals surface area contributed by atoms with Crippen LogP contribution in [0.4, 0.5) is 19.1 Å². The number of rotatable bonds is 6. The first kappa shape index (κ1) is 13.9. The van der Waals surface area contributed by atoms with E-state index < -0.39 is 42.5 Å². The Morgan fingerprint density at radius 3 is 2.83 bits per heavy atom. The highest BCUT2D eigenvalue weighted by molar-refractivity contribution is 5.76. The minimum Gasteiger partial charge on any atom is -0.390 e.